The highest BCUT2D eigenvalue weighted by Gasteiger charge is 2.15. The summed E-state index contributed by atoms with van der Waals surface area (Å²) in [5, 5.41) is 13.1. The van der Waals surface area contributed by atoms with E-state index in [1.165, 1.54) is 6.07 Å². The zero-order chi connectivity index (χ0) is 26.6. The third-order valence-corrected chi connectivity index (χ3v) is 6.69. The third-order valence-electron chi connectivity index (χ3n) is 6.69. The monoisotopic (exact) mass is 502 g/mol. The van der Waals surface area contributed by atoms with Crippen molar-refractivity contribution in [2.45, 2.75) is 26.7 Å². The molecular weight excluding hydrogens is 471 g/mol. The Labute approximate surface area is 222 Å². The molecule has 5 aromatic rings. The normalized spacial score (nSPS) is 12.3. The van der Waals surface area contributed by atoms with Crippen molar-refractivity contribution in [3.05, 3.63) is 121 Å². The average molecular weight is 503 g/mol. The van der Waals surface area contributed by atoms with E-state index in [1.54, 1.807) is 6.07 Å². The van der Waals surface area contributed by atoms with Crippen LogP contribution < -0.4 is 5.32 Å². The number of aromatic nitrogens is 3. The van der Waals surface area contributed by atoms with Crippen molar-refractivity contribution in [2.24, 2.45) is 0 Å². The van der Waals surface area contributed by atoms with Gasteiger partial charge >= 0.3 is 0 Å². The number of halogens is 1. The van der Waals surface area contributed by atoms with Gasteiger partial charge in [0.1, 0.15) is 11.5 Å². The minimum atomic E-state index is -0.240. The maximum atomic E-state index is 14.6. The van der Waals surface area contributed by atoms with Gasteiger partial charge in [-0.05, 0) is 72.5 Å². The number of benzene rings is 3. The van der Waals surface area contributed by atoms with E-state index in [1.807, 2.05) is 49.4 Å². The van der Waals surface area contributed by atoms with Crippen LogP contribution in [0.4, 0.5) is 4.39 Å². The first kappa shape index (κ1) is 25.0. The second kappa shape index (κ2) is 10.8. The Balaban J connectivity index is 1.56. The molecule has 3 N–H and O–H groups in total. The van der Waals surface area contributed by atoms with Crippen LogP contribution in [-0.4, -0.2) is 15.2 Å². The van der Waals surface area contributed by atoms with Gasteiger partial charge in [-0.1, -0.05) is 69.0 Å². The summed E-state index contributed by atoms with van der Waals surface area (Å²) < 4.78 is 14.6. The molecule has 0 saturated carbocycles. The Hall–Kier alpha value is -4.64. The van der Waals surface area contributed by atoms with Crippen LogP contribution in [0, 0.1) is 5.82 Å². The van der Waals surface area contributed by atoms with Crippen LogP contribution >= 0.6 is 0 Å². The van der Waals surface area contributed by atoms with Crippen LogP contribution in [0.2, 0.25) is 0 Å². The highest BCUT2D eigenvalue weighted by Crippen LogP contribution is 2.35. The van der Waals surface area contributed by atoms with Crippen LogP contribution in [0.1, 0.15) is 32.3 Å². The summed E-state index contributed by atoms with van der Waals surface area (Å²) in [6.07, 6.45) is 7.91. The number of aromatic amines is 2. The Morgan fingerprint density at radius 3 is 2.58 bits per heavy atom. The van der Waals surface area contributed by atoms with E-state index in [2.05, 4.69) is 70.9 Å². The zero-order valence-corrected chi connectivity index (χ0v) is 21.7. The van der Waals surface area contributed by atoms with Gasteiger partial charge in [0.15, 0.2) is 0 Å². The summed E-state index contributed by atoms with van der Waals surface area (Å²) in [7, 11) is 0. The van der Waals surface area contributed by atoms with Crippen molar-refractivity contribution in [1.82, 2.24) is 20.5 Å². The van der Waals surface area contributed by atoms with E-state index < -0.39 is 0 Å². The standard InChI is InChI=1S/C33H31FN4/c1-5-11-21(4)35-24(7-3)18-22(6-2)23-16-17-31-28(19-23)33(38-37-31)32-20-27-25(13-10-15-30(27)36-32)26-12-8-9-14-29(26)34/h6-10,12-20,35-36H,3-5,11H2,1-2H3,(H,37,38)/b22-6+,24-18+. The lowest BCUT2D eigenvalue weighted by Crippen LogP contribution is -2.10. The first-order valence-electron chi connectivity index (χ1n) is 12.8. The smallest absolute Gasteiger partial charge is 0.131 e. The van der Waals surface area contributed by atoms with Gasteiger partial charge in [-0.15, -0.1) is 0 Å². The van der Waals surface area contributed by atoms with E-state index in [0.717, 1.165) is 74.1 Å². The average Bonchev–Trinajstić information content (AvgIpc) is 3.55. The van der Waals surface area contributed by atoms with Crippen molar-refractivity contribution < 1.29 is 4.39 Å². The Morgan fingerprint density at radius 1 is 1.00 bits per heavy atom. The van der Waals surface area contributed by atoms with Gasteiger partial charge < -0.3 is 10.3 Å². The van der Waals surface area contributed by atoms with Crippen molar-refractivity contribution in [3.63, 3.8) is 0 Å². The number of allylic oxidation sites excluding steroid dienone is 5. The summed E-state index contributed by atoms with van der Waals surface area (Å²) in [5.74, 6) is -0.240. The molecule has 0 aliphatic rings. The number of hydrogen-bond donors (Lipinski definition) is 3. The fourth-order valence-electron chi connectivity index (χ4n) is 4.81. The molecule has 2 aromatic heterocycles. The maximum absolute atomic E-state index is 14.6. The fraction of sp³-hybridized carbons (Fsp3) is 0.121. The Kier molecular flexibility index (Phi) is 7.09. The number of hydrogen-bond acceptors (Lipinski definition) is 2. The number of H-pyrrole nitrogens is 2. The Bertz CT molecular complexity index is 1710. The molecule has 0 fully saturated rings. The first-order valence-corrected chi connectivity index (χ1v) is 12.8. The number of rotatable bonds is 9. The largest absolute Gasteiger partial charge is 0.359 e. The molecule has 0 aliphatic carbocycles. The Morgan fingerprint density at radius 2 is 1.82 bits per heavy atom. The summed E-state index contributed by atoms with van der Waals surface area (Å²) in [6.45, 7) is 12.2. The third kappa shape index (κ3) is 4.83. The molecule has 0 radical (unpaired) electrons. The lowest BCUT2D eigenvalue weighted by atomic mass is 10.00. The molecule has 0 atom stereocenters. The molecule has 2 heterocycles. The van der Waals surface area contributed by atoms with Gasteiger partial charge in [0.25, 0.3) is 0 Å². The fourth-order valence-corrected chi connectivity index (χ4v) is 4.81. The molecule has 0 bridgehead atoms. The van der Waals surface area contributed by atoms with Gasteiger partial charge in [-0.2, -0.15) is 5.10 Å². The van der Waals surface area contributed by atoms with Gasteiger partial charge in [-0.3, -0.25) is 5.10 Å². The lowest BCUT2D eigenvalue weighted by molar-refractivity contribution is 0.631. The minimum absolute atomic E-state index is 0.240. The van der Waals surface area contributed by atoms with Crippen LogP contribution in [0.15, 0.2) is 110 Å². The first-order chi connectivity index (χ1) is 18.5. The predicted molar refractivity (Wildman–Crippen MR) is 158 cm³/mol. The second-order valence-corrected chi connectivity index (χ2v) is 9.29. The number of nitrogens with one attached hydrogen (secondary N) is 3. The molecule has 0 unspecified atom stereocenters. The predicted octanol–water partition coefficient (Wildman–Crippen LogP) is 8.89. The van der Waals surface area contributed by atoms with E-state index in [0.29, 0.717) is 5.56 Å². The van der Waals surface area contributed by atoms with E-state index >= 15 is 0 Å². The van der Waals surface area contributed by atoms with Crippen LogP contribution in [0.25, 0.3) is 49.9 Å². The maximum Gasteiger partial charge on any atom is 0.131 e. The molecule has 190 valence electrons. The summed E-state index contributed by atoms with van der Waals surface area (Å²) in [6, 6.07) is 21.1. The molecule has 5 rings (SSSR count). The number of nitrogens with zero attached hydrogens (tertiary/aromatic N) is 1. The summed E-state index contributed by atoms with van der Waals surface area (Å²) in [4.78, 5) is 3.49. The zero-order valence-electron chi connectivity index (χ0n) is 21.7. The molecule has 5 heteroatoms. The quantitative estimate of drug-likeness (QED) is 0.176. The molecule has 3 aromatic carbocycles. The lowest BCUT2D eigenvalue weighted by Gasteiger charge is -2.11. The van der Waals surface area contributed by atoms with Gasteiger partial charge in [0, 0.05) is 33.2 Å². The SMILES string of the molecule is C=C/C(=C\C(=C/C)c1ccc2[nH]nc(-c3cc4c(-c5ccccc5F)cccc4[nH]3)c2c1)NC(=C)CCC. The topological polar surface area (TPSA) is 56.5 Å². The van der Waals surface area contributed by atoms with Gasteiger partial charge in [0.05, 0.1) is 11.2 Å². The highest BCUT2D eigenvalue weighted by atomic mass is 19.1. The van der Waals surface area contributed by atoms with Crippen molar-refractivity contribution >= 4 is 27.4 Å². The van der Waals surface area contributed by atoms with Crippen LogP contribution in [-0.2, 0) is 0 Å². The van der Waals surface area contributed by atoms with Crippen molar-refractivity contribution in [1.29, 1.82) is 0 Å². The van der Waals surface area contributed by atoms with Gasteiger partial charge in [0.2, 0.25) is 0 Å². The molecule has 4 nitrogen and oxygen atoms in total. The molecule has 0 spiro atoms. The minimum Gasteiger partial charge on any atom is -0.359 e. The molecule has 38 heavy (non-hydrogen) atoms. The van der Waals surface area contributed by atoms with Crippen LogP contribution in [0.5, 0.6) is 0 Å². The summed E-state index contributed by atoms with van der Waals surface area (Å²) >= 11 is 0. The van der Waals surface area contributed by atoms with Gasteiger partial charge in [-0.25, -0.2) is 4.39 Å². The highest BCUT2D eigenvalue weighted by molar-refractivity contribution is 6.01. The van der Waals surface area contributed by atoms with Crippen LogP contribution in [0.3, 0.4) is 0 Å². The molecule has 0 amide bonds. The van der Waals surface area contributed by atoms with E-state index in [4.69, 9.17) is 0 Å². The molecule has 0 saturated heterocycles. The molecule has 0 aliphatic heterocycles. The summed E-state index contributed by atoms with van der Waals surface area (Å²) in [5.41, 5.74) is 8.97. The number of fused-ring (bicyclic) bond motifs is 2. The van der Waals surface area contributed by atoms with E-state index in [-0.39, 0.29) is 5.82 Å². The molecular formula is C33H31FN4. The second-order valence-electron chi connectivity index (χ2n) is 9.29. The van der Waals surface area contributed by atoms with Crippen molar-refractivity contribution in [3.8, 4) is 22.5 Å². The van der Waals surface area contributed by atoms with E-state index in [9.17, 15) is 4.39 Å². The van der Waals surface area contributed by atoms with Crippen molar-refractivity contribution in [2.75, 3.05) is 0 Å².